The van der Waals surface area contributed by atoms with Gasteiger partial charge in [-0.15, -0.1) is 0 Å². The Bertz CT molecular complexity index is 1040. The zero-order valence-electron chi connectivity index (χ0n) is 20.9. The van der Waals surface area contributed by atoms with E-state index in [2.05, 4.69) is 20.7 Å². The Kier molecular flexibility index (Phi) is 7.12. The lowest BCUT2D eigenvalue weighted by molar-refractivity contribution is -0.130. The third-order valence-corrected chi connectivity index (χ3v) is 6.53. The number of carbonyl (C=O) groups excluding carboxylic acids is 2. The number of carbonyl (C=O) groups is 2. The molecule has 1 aliphatic heterocycles. The molecule has 190 valence electrons. The number of pyridine rings is 1. The van der Waals surface area contributed by atoms with E-state index in [0.717, 1.165) is 18.3 Å². The minimum atomic E-state index is -0.741. The molecule has 35 heavy (non-hydrogen) atoms. The van der Waals surface area contributed by atoms with E-state index in [-0.39, 0.29) is 18.0 Å². The van der Waals surface area contributed by atoms with E-state index in [0.29, 0.717) is 37.7 Å². The lowest BCUT2D eigenvalue weighted by Crippen LogP contribution is -2.63. The first kappa shape index (κ1) is 25.1. The second-order valence-electron chi connectivity index (χ2n) is 10.6. The topological polar surface area (TPSA) is 101 Å². The van der Waals surface area contributed by atoms with E-state index in [1.54, 1.807) is 17.2 Å². The highest BCUT2D eigenvalue weighted by Gasteiger charge is 2.44. The Morgan fingerprint density at radius 1 is 1.23 bits per heavy atom. The summed E-state index contributed by atoms with van der Waals surface area (Å²) in [4.78, 5) is 32.1. The van der Waals surface area contributed by atoms with Crippen molar-refractivity contribution < 1.29 is 18.7 Å². The molecule has 0 bridgehead atoms. The first-order chi connectivity index (χ1) is 16.5. The van der Waals surface area contributed by atoms with Crippen molar-refractivity contribution in [1.29, 1.82) is 0 Å². The minimum Gasteiger partial charge on any atom is -0.444 e. The van der Waals surface area contributed by atoms with Gasteiger partial charge < -0.3 is 20.3 Å². The zero-order valence-corrected chi connectivity index (χ0v) is 20.9. The molecule has 1 saturated heterocycles. The van der Waals surface area contributed by atoms with Crippen LogP contribution in [0.4, 0.5) is 9.18 Å². The van der Waals surface area contributed by atoms with Crippen molar-refractivity contribution in [3.05, 3.63) is 42.1 Å². The second kappa shape index (κ2) is 9.93. The molecule has 3 heterocycles. The van der Waals surface area contributed by atoms with Gasteiger partial charge in [-0.05, 0) is 77.5 Å². The van der Waals surface area contributed by atoms with E-state index < -0.39 is 17.0 Å². The molecule has 4 rings (SSSR count). The van der Waals surface area contributed by atoms with E-state index >= 15 is 0 Å². The fourth-order valence-electron chi connectivity index (χ4n) is 4.18. The number of hydrogen-bond donors (Lipinski definition) is 2. The Morgan fingerprint density at radius 2 is 1.94 bits per heavy atom. The maximum absolute atomic E-state index is 13.5. The van der Waals surface area contributed by atoms with Gasteiger partial charge in [-0.1, -0.05) is 6.07 Å². The first-order valence-electron chi connectivity index (χ1n) is 12.3. The number of nitrogens with zero attached hydrogens (tertiary/aromatic N) is 4. The number of hydrogen-bond acceptors (Lipinski definition) is 6. The van der Waals surface area contributed by atoms with Crippen LogP contribution in [0.5, 0.6) is 0 Å². The Labute approximate surface area is 205 Å². The van der Waals surface area contributed by atoms with Gasteiger partial charge in [0.15, 0.2) is 11.6 Å². The third-order valence-electron chi connectivity index (χ3n) is 6.53. The number of ether oxygens (including phenoxy) is 1. The van der Waals surface area contributed by atoms with Gasteiger partial charge in [0.1, 0.15) is 11.1 Å². The summed E-state index contributed by atoms with van der Waals surface area (Å²) in [6.45, 7) is 9.15. The molecule has 2 amide bonds. The zero-order chi connectivity index (χ0) is 25.2. The Hall–Kier alpha value is -3.01. The number of aromatic nitrogens is 3. The summed E-state index contributed by atoms with van der Waals surface area (Å²) in [5.74, 6) is 0.601. The molecule has 1 atom stereocenters. The summed E-state index contributed by atoms with van der Waals surface area (Å²) >= 11 is 0. The third kappa shape index (κ3) is 6.36. The van der Waals surface area contributed by atoms with Gasteiger partial charge in [-0.3, -0.25) is 4.79 Å². The van der Waals surface area contributed by atoms with Crippen LogP contribution >= 0.6 is 0 Å². The van der Waals surface area contributed by atoms with Crippen molar-refractivity contribution in [2.24, 2.45) is 5.92 Å². The van der Waals surface area contributed by atoms with Gasteiger partial charge in [0.25, 0.3) is 0 Å². The quantitative estimate of drug-likeness (QED) is 0.623. The summed E-state index contributed by atoms with van der Waals surface area (Å²) in [5.41, 5.74) is -0.467. The van der Waals surface area contributed by atoms with Crippen LogP contribution < -0.4 is 10.6 Å². The average Bonchev–Trinajstić information content (AvgIpc) is 3.55. The Balaban J connectivity index is 1.40. The average molecular weight is 487 g/mol. The highest BCUT2D eigenvalue weighted by molar-refractivity contribution is 5.87. The molecule has 0 spiro atoms. The van der Waals surface area contributed by atoms with E-state index in [4.69, 9.17) is 4.74 Å². The minimum absolute atomic E-state index is 0.0762. The monoisotopic (exact) mass is 486 g/mol. The fraction of sp³-hybridized carbons (Fsp3) is 0.600. The molecule has 2 aromatic rings. The van der Waals surface area contributed by atoms with Crippen LogP contribution in [-0.4, -0.2) is 62.4 Å². The number of nitrogens with one attached hydrogen (secondary N) is 2. The molecule has 2 aromatic heterocycles. The van der Waals surface area contributed by atoms with E-state index in [9.17, 15) is 14.0 Å². The Morgan fingerprint density at radius 3 is 2.49 bits per heavy atom. The maximum atomic E-state index is 13.5. The van der Waals surface area contributed by atoms with Gasteiger partial charge in [0.2, 0.25) is 5.91 Å². The maximum Gasteiger partial charge on any atom is 0.410 e. The van der Waals surface area contributed by atoms with Crippen LogP contribution in [-0.2, 0) is 9.53 Å². The number of amides is 2. The SMILES string of the molecule is CC(NC(=O)C1(NCC2CC2)CCN(C(=O)OC(C)(C)C)CC1)c1ccc(-n2cc(F)cn2)nc1. The van der Waals surface area contributed by atoms with Crippen LogP contribution in [0, 0.1) is 11.7 Å². The lowest BCUT2D eigenvalue weighted by atomic mass is 9.85. The molecule has 10 heteroatoms. The number of piperidine rings is 1. The van der Waals surface area contributed by atoms with Gasteiger partial charge in [0, 0.05) is 19.3 Å². The van der Waals surface area contributed by atoms with Gasteiger partial charge >= 0.3 is 6.09 Å². The van der Waals surface area contributed by atoms with Gasteiger partial charge in [0.05, 0.1) is 18.4 Å². The van der Waals surface area contributed by atoms with Crippen molar-refractivity contribution in [2.45, 2.75) is 70.6 Å². The van der Waals surface area contributed by atoms with Crippen LogP contribution in [0.25, 0.3) is 5.82 Å². The van der Waals surface area contributed by atoms with Crippen molar-refractivity contribution in [1.82, 2.24) is 30.3 Å². The molecule has 2 aliphatic rings. The summed E-state index contributed by atoms with van der Waals surface area (Å²) in [7, 11) is 0. The van der Waals surface area contributed by atoms with Crippen LogP contribution in [0.3, 0.4) is 0 Å². The molecule has 9 nitrogen and oxygen atoms in total. The molecule has 0 aromatic carbocycles. The summed E-state index contributed by atoms with van der Waals surface area (Å²) in [6, 6.07) is 3.31. The predicted molar refractivity (Wildman–Crippen MR) is 128 cm³/mol. The van der Waals surface area contributed by atoms with Crippen LogP contribution in [0.15, 0.2) is 30.7 Å². The summed E-state index contributed by atoms with van der Waals surface area (Å²) in [6.07, 6.45) is 7.10. The lowest BCUT2D eigenvalue weighted by Gasteiger charge is -2.42. The number of halogens is 1. The van der Waals surface area contributed by atoms with E-state index in [1.165, 1.54) is 23.7 Å². The van der Waals surface area contributed by atoms with Gasteiger partial charge in [-0.2, -0.15) is 5.10 Å². The van der Waals surface area contributed by atoms with Crippen molar-refractivity contribution >= 4 is 12.0 Å². The number of rotatable bonds is 7. The molecule has 1 aliphatic carbocycles. The molecular formula is C25H35FN6O3. The predicted octanol–water partition coefficient (Wildman–Crippen LogP) is 3.35. The van der Waals surface area contributed by atoms with E-state index in [1.807, 2.05) is 33.8 Å². The molecule has 2 fully saturated rings. The largest absolute Gasteiger partial charge is 0.444 e. The fourth-order valence-corrected chi connectivity index (χ4v) is 4.18. The molecule has 2 N–H and O–H groups in total. The van der Waals surface area contributed by atoms with Crippen molar-refractivity contribution in [2.75, 3.05) is 19.6 Å². The normalized spacial score (nSPS) is 18.7. The summed E-state index contributed by atoms with van der Waals surface area (Å²) in [5, 5.41) is 10.6. The van der Waals surface area contributed by atoms with Crippen LogP contribution in [0.2, 0.25) is 0 Å². The van der Waals surface area contributed by atoms with Crippen LogP contribution in [0.1, 0.15) is 65.0 Å². The summed E-state index contributed by atoms with van der Waals surface area (Å²) < 4.78 is 20.1. The standard InChI is InChI=1S/C25H35FN6O3/c1-17(19-7-8-21(27-14-19)32-16-20(26)15-29-32)30-22(33)25(28-13-18-5-6-18)9-11-31(12-10-25)23(34)35-24(2,3)4/h7-8,14-18,28H,5-6,9-13H2,1-4H3,(H,30,33). The molecule has 1 unspecified atom stereocenters. The van der Waals surface area contributed by atoms with Crippen molar-refractivity contribution in [3.8, 4) is 5.82 Å². The van der Waals surface area contributed by atoms with Gasteiger partial charge in [-0.25, -0.2) is 18.9 Å². The molecule has 1 saturated carbocycles. The molecule has 0 radical (unpaired) electrons. The second-order valence-corrected chi connectivity index (χ2v) is 10.6. The first-order valence-corrected chi connectivity index (χ1v) is 12.3. The van der Waals surface area contributed by atoms with Crippen molar-refractivity contribution in [3.63, 3.8) is 0 Å². The number of likely N-dealkylation sites (tertiary alicyclic amines) is 1. The molecular weight excluding hydrogens is 451 g/mol. The highest BCUT2D eigenvalue weighted by atomic mass is 19.1. The smallest absolute Gasteiger partial charge is 0.410 e. The highest BCUT2D eigenvalue weighted by Crippen LogP contribution is 2.31.